The van der Waals surface area contributed by atoms with Gasteiger partial charge < -0.3 is 25.6 Å². The number of ether oxygens (including phenoxy) is 1. The molecule has 0 saturated heterocycles. The minimum Gasteiger partial charge on any atom is -0.438 e. The Hall–Kier alpha value is -3.32. The molecule has 2 amide bonds. The van der Waals surface area contributed by atoms with Crippen molar-refractivity contribution in [1.29, 1.82) is 0 Å². The van der Waals surface area contributed by atoms with Gasteiger partial charge in [-0.2, -0.15) is 0 Å². The second-order valence-corrected chi connectivity index (χ2v) is 12.4. The second kappa shape index (κ2) is 16.3. The number of hydrogen-bond acceptors (Lipinski definition) is 8. The van der Waals surface area contributed by atoms with Gasteiger partial charge in [0.2, 0.25) is 5.88 Å². The highest BCUT2D eigenvalue weighted by Gasteiger charge is 2.25. The number of nitrogens with one attached hydrogen (secondary N) is 2. The van der Waals surface area contributed by atoms with E-state index in [1.165, 1.54) is 0 Å². The van der Waals surface area contributed by atoms with E-state index in [2.05, 4.69) is 20.6 Å². The van der Waals surface area contributed by atoms with Gasteiger partial charge in [-0.15, -0.1) is 11.8 Å². The van der Waals surface area contributed by atoms with Crippen molar-refractivity contribution in [2.45, 2.75) is 87.5 Å². The lowest BCUT2D eigenvalue weighted by Gasteiger charge is -2.26. The molecule has 242 valence electrons. The van der Waals surface area contributed by atoms with Crippen LogP contribution in [0.5, 0.6) is 11.6 Å². The van der Waals surface area contributed by atoms with Gasteiger partial charge in [-0.1, -0.05) is 17.7 Å². The summed E-state index contributed by atoms with van der Waals surface area (Å²) >= 11 is 7.35. The van der Waals surface area contributed by atoms with E-state index in [1.54, 1.807) is 17.8 Å². The second-order valence-electron chi connectivity index (χ2n) is 11.2. The van der Waals surface area contributed by atoms with Crippen LogP contribution in [0, 0.1) is 18.6 Å². The van der Waals surface area contributed by atoms with Gasteiger partial charge in [0.05, 0.1) is 30.2 Å². The Morgan fingerprint density at radius 2 is 1.36 bits per heavy atom. The molecule has 2 aliphatic rings. The number of nitrogens with zero attached hydrogens (tertiary/aromatic N) is 2. The SMILES string of the molecule is CSc1cc(Oc2ncc(F)cc2C(=O)NC2CCC(O)CC2)ccc1C.O=C(NC1CCC(O)CC1)c1cc(F)cnc1Cl. The largest absolute Gasteiger partial charge is 0.438 e. The summed E-state index contributed by atoms with van der Waals surface area (Å²) in [7, 11) is 0. The zero-order chi connectivity index (χ0) is 32.5. The fourth-order valence-corrected chi connectivity index (χ4v) is 6.01. The number of halogens is 3. The van der Waals surface area contributed by atoms with E-state index in [9.17, 15) is 28.6 Å². The van der Waals surface area contributed by atoms with E-state index in [1.807, 2.05) is 25.3 Å². The number of carbonyl (C=O) groups excluding carboxylic acids is 2. The Morgan fingerprint density at radius 1 is 0.844 bits per heavy atom. The van der Waals surface area contributed by atoms with Gasteiger partial charge in [-0.3, -0.25) is 9.59 Å². The van der Waals surface area contributed by atoms with Gasteiger partial charge in [0.15, 0.2) is 0 Å². The molecular formula is C32H37ClF2N4O5S. The van der Waals surface area contributed by atoms with Gasteiger partial charge in [-0.25, -0.2) is 18.7 Å². The van der Waals surface area contributed by atoms with Gasteiger partial charge in [0, 0.05) is 17.0 Å². The molecular weight excluding hydrogens is 626 g/mol. The third-order valence-corrected chi connectivity index (χ3v) is 8.95. The Balaban J connectivity index is 0.000000222. The summed E-state index contributed by atoms with van der Waals surface area (Å²) in [5, 5.41) is 24.6. The van der Waals surface area contributed by atoms with Crippen LogP contribution in [0.25, 0.3) is 0 Å². The lowest BCUT2D eigenvalue weighted by atomic mass is 9.93. The molecule has 2 aliphatic carbocycles. The predicted molar refractivity (Wildman–Crippen MR) is 168 cm³/mol. The monoisotopic (exact) mass is 662 g/mol. The Labute approximate surface area is 270 Å². The normalized spacial score (nSPS) is 21.2. The molecule has 0 aliphatic heterocycles. The summed E-state index contributed by atoms with van der Waals surface area (Å²) in [6, 6.07) is 7.76. The van der Waals surface area contributed by atoms with Crippen molar-refractivity contribution in [3.63, 3.8) is 0 Å². The van der Waals surface area contributed by atoms with Crippen LogP contribution in [0.1, 0.15) is 77.6 Å². The molecule has 2 saturated carbocycles. The molecule has 0 bridgehead atoms. The smallest absolute Gasteiger partial charge is 0.257 e. The van der Waals surface area contributed by atoms with Gasteiger partial charge >= 0.3 is 0 Å². The van der Waals surface area contributed by atoms with Crippen LogP contribution < -0.4 is 15.4 Å². The molecule has 2 fully saturated rings. The van der Waals surface area contributed by atoms with Crippen LogP contribution in [-0.2, 0) is 0 Å². The van der Waals surface area contributed by atoms with Gasteiger partial charge in [0.1, 0.15) is 28.1 Å². The first-order valence-corrected chi connectivity index (χ1v) is 16.4. The molecule has 0 unspecified atom stereocenters. The van der Waals surface area contributed by atoms with Crippen molar-refractivity contribution in [3.05, 3.63) is 76.2 Å². The minimum atomic E-state index is -0.597. The number of thioether (sulfide) groups is 1. The standard InChI is InChI=1S/C20H23FN2O3S.C12H14ClFN2O2/c1-12-3-8-16(10-18(12)27-2)26-20-17(9-13(21)11-22-20)19(25)23-14-4-6-15(24)7-5-14;13-11-10(5-7(14)6-15-11)12(18)16-8-1-3-9(17)4-2-8/h3,8-11,14-15,24H,4-7H2,1-2H3,(H,23,25);5-6,8-9,17H,1-4H2,(H,16,18). The number of amides is 2. The Morgan fingerprint density at radius 3 is 1.91 bits per heavy atom. The third-order valence-electron chi connectivity index (χ3n) is 7.77. The van der Waals surface area contributed by atoms with E-state index in [0.717, 1.165) is 35.0 Å². The maximum Gasteiger partial charge on any atom is 0.257 e. The molecule has 2 aromatic heterocycles. The highest BCUT2D eigenvalue weighted by Crippen LogP contribution is 2.30. The summed E-state index contributed by atoms with van der Waals surface area (Å²) < 4.78 is 32.5. The third kappa shape index (κ3) is 10.1. The van der Waals surface area contributed by atoms with Crippen molar-refractivity contribution >= 4 is 35.2 Å². The fourth-order valence-electron chi connectivity index (χ4n) is 5.19. The van der Waals surface area contributed by atoms with E-state index < -0.39 is 23.4 Å². The summed E-state index contributed by atoms with van der Waals surface area (Å²) in [4.78, 5) is 33.2. The number of aliphatic hydroxyl groups excluding tert-OH is 2. The summed E-state index contributed by atoms with van der Waals surface area (Å²) in [5.74, 6) is -1.42. The predicted octanol–water partition coefficient (Wildman–Crippen LogP) is 5.98. The van der Waals surface area contributed by atoms with Crippen LogP contribution in [0.4, 0.5) is 8.78 Å². The van der Waals surface area contributed by atoms with Crippen molar-refractivity contribution in [3.8, 4) is 11.6 Å². The molecule has 0 radical (unpaired) electrons. The maximum atomic E-state index is 13.7. The Kier molecular flexibility index (Phi) is 12.5. The van der Waals surface area contributed by atoms with E-state index >= 15 is 0 Å². The fraction of sp³-hybridized carbons (Fsp3) is 0.438. The average molecular weight is 663 g/mol. The number of rotatable bonds is 7. The molecule has 0 atom stereocenters. The van der Waals surface area contributed by atoms with Gasteiger partial charge in [-0.05, 0) is 94.4 Å². The average Bonchev–Trinajstić information content (AvgIpc) is 3.02. The number of carbonyl (C=O) groups is 2. The first-order chi connectivity index (χ1) is 21.5. The Bertz CT molecular complexity index is 1480. The first-order valence-electron chi connectivity index (χ1n) is 14.8. The number of aromatic nitrogens is 2. The van der Waals surface area contributed by atoms with Crippen molar-refractivity contribution in [2.24, 2.45) is 0 Å². The minimum absolute atomic E-state index is 0.000217. The number of benzene rings is 1. The highest BCUT2D eigenvalue weighted by molar-refractivity contribution is 7.98. The molecule has 2 heterocycles. The van der Waals surface area contributed by atoms with E-state index in [4.69, 9.17) is 16.3 Å². The van der Waals surface area contributed by atoms with Crippen LogP contribution in [0.3, 0.4) is 0 Å². The van der Waals surface area contributed by atoms with E-state index in [0.29, 0.717) is 57.1 Å². The van der Waals surface area contributed by atoms with Crippen LogP contribution in [0.2, 0.25) is 5.15 Å². The van der Waals surface area contributed by atoms with Crippen molar-refractivity contribution in [2.75, 3.05) is 6.26 Å². The molecule has 0 spiro atoms. The summed E-state index contributed by atoms with van der Waals surface area (Å²) in [6.45, 7) is 2.01. The number of hydrogen-bond donors (Lipinski definition) is 4. The number of pyridine rings is 2. The quantitative estimate of drug-likeness (QED) is 0.179. The number of aliphatic hydroxyl groups is 2. The molecule has 45 heavy (non-hydrogen) atoms. The molecule has 13 heteroatoms. The van der Waals surface area contributed by atoms with Gasteiger partial charge in [0.25, 0.3) is 11.8 Å². The first kappa shape index (κ1) is 34.6. The topological polar surface area (TPSA) is 134 Å². The highest BCUT2D eigenvalue weighted by atomic mass is 35.5. The van der Waals surface area contributed by atoms with Crippen molar-refractivity contribution in [1.82, 2.24) is 20.6 Å². The molecule has 5 rings (SSSR count). The van der Waals surface area contributed by atoms with Crippen molar-refractivity contribution < 1.29 is 33.3 Å². The van der Waals surface area contributed by atoms with Crippen LogP contribution >= 0.6 is 23.4 Å². The molecule has 3 aromatic rings. The molecule has 9 nitrogen and oxygen atoms in total. The summed E-state index contributed by atoms with van der Waals surface area (Å²) in [5.41, 5.74) is 1.23. The lowest BCUT2D eigenvalue weighted by Crippen LogP contribution is -2.38. The van der Waals surface area contributed by atoms with Crippen LogP contribution in [-0.4, -0.2) is 62.5 Å². The zero-order valence-electron chi connectivity index (χ0n) is 25.1. The summed E-state index contributed by atoms with van der Waals surface area (Å²) in [6.07, 6.45) is 8.85. The van der Waals surface area contributed by atoms with E-state index in [-0.39, 0.29) is 46.5 Å². The lowest BCUT2D eigenvalue weighted by molar-refractivity contribution is 0.0861. The molecule has 4 N–H and O–H groups in total. The number of aryl methyl sites for hydroxylation is 1. The molecule has 1 aromatic carbocycles. The zero-order valence-corrected chi connectivity index (χ0v) is 26.6. The van der Waals surface area contributed by atoms with Crippen LogP contribution in [0.15, 0.2) is 47.6 Å². The maximum absolute atomic E-state index is 13.7.